The molecule has 2 atom stereocenters. The molecule has 1 aromatic rings. The summed E-state index contributed by atoms with van der Waals surface area (Å²) in [6.45, 7) is 5.70. The van der Waals surface area contributed by atoms with Gasteiger partial charge in [-0.25, -0.2) is 0 Å². The molecule has 0 amide bonds. The molecule has 0 fully saturated rings. The quantitative estimate of drug-likeness (QED) is 0.861. The molecule has 0 aliphatic rings. The topological polar surface area (TPSA) is 20.2 Å². The Bertz CT molecular complexity index is 281. The van der Waals surface area contributed by atoms with E-state index >= 15 is 0 Å². The van der Waals surface area contributed by atoms with E-state index in [0.717, 1.165) is 10.0 Å². The maximum absolute atomic E-state index is 9.87. The fourth-order valence-electron chi connectivity index (χ4n) is 1.11. The van der Waals surface area contributed by atoms with E-state index in [1.807, 2.05) is 37.3 Å². The number of hydrogen-bond acceptors (Lipinski definition) is 1. The lowest BCUT2D eigenvalue weighted by Gasteiger charge is -2.17. The molecule has 70 valence electrons. The molecule has 0 saturated carbocycles. The van der Waals surface area contributed by atoms with Crippen molar-refractivity contribution in [3.05, 3.63) is 47.0 Å². The van der Waals surface area contributed by atoms with Gasteiger partial charge in [-0.3, -0.25) is 0 Å². The molecule has 13 heavy (non-hydrogen) atoms. The number of halogens is 1. The molecular weight excluding hydrogens is 228 g/mol. The van der Waals surface area contributed by atoms with Crippen LogP contribution in [0.1, 0.15) is 18.6 Å². The molecule has 1 N–H and O–H groups in total. The first-order chi connectivity index (χ1) is 6.13. The lowest BCUT2D eigenvalue weighted by Crippen LogP contribution is -2.08. The predicted molar refractivity (Wildman–Crippen MR) is 58.6 cm³/mol. The van der Waals surface area contributed by atoms with E-state index in [1.165, 1.54) is 0 Å². The molecule has 0 unspecified atom stereocenters. The third-order valence-corrected chi connectivity index (χ3v) is 2.83. The molecule has 0 aliphatic heterocycles. The standard InChI is InChI=1S/C11H13BrO/c1-8(9(2)12)11(13)10-6-4-3-5-7-10/h3-8,11,13H,2H2,1H3/t8-,11+/m0/s1. The highest BCUT2D eigenvalue weighted by Gasteiger charge is 2.16. The first kappa shape index (κ1) is 10.5. The minimum Gasteiger partial charge on any atom is -0.388 e. The zero-order chi connectivity index (χ0) is 9.84. The van der Waals surface area contributed by atoms with Crippen LogP contribution >= 0.6 is 15.9 Å². The smallest absolute Gasteiger partial charge is 0.0860 e. The van der Waals surface area contributed by atoms with E-state index in [-0.39, 0.29) is 5.92 Å². The number of aliphatic hydroxyl groups is 1. The van der Waals surface area contributed by atoms with E-state index in [1.54, 1.807) is 0 Å². The highest BCUT2D eigenvalue weighted by Crippen LogP contribution is 2.29. The monoisotopic (exact) mass is 240 g/mol. The molecule has 2 heteroatoms. The summed E-state index contributed by atoms with van der Waals surface area (Å²) in [6.07, 6.45) is -0.479. The fourth-order valence-corrected chi connectivity index (χ4v) is 1.36. The maximum atomic E-state index is 9.87. The molecule has 0 aromatic heterocycles. The van der Waals surface area contributed by atoms with E-state index in [2.05, 4.69) is 22.5 Å². The molecule has 0 heterocycles. The number of aliphatic hydroxyl groups excluding tert-OH is 1. The average molecular weight is 241 g/mol. The van der Waals surface area contributed by atoms with Crippen LogP contribution in [-0.4, -0.2) is 5.11 Å². The van der Waals surface area contributed by atoms with Crippen molar-refractivity contribution in [1.29, 1.82) is 0 Å². The number of rotatable bonds is 3. The second kappa shape index (κ2) is 4.58. The van der Waals surface area contributed by atoms with Crippen LogP contribution in [0.2, 0.25) is 0 Å². The molecule has 0 radical (unpaired) electrons. The number of benzene rings is 1. The fraction of sp³-hybridized carbons (Fsp3) is 0.273. The van der Waals surface area contributed by atoms with Crippen LogP contribution < -0.4 is 0 Å². The third-order valence-electron chi connectivity index (χ3n) is 2.11. The van der Waals surface area contributed by atoms with Gasteiger partial charge in [-0.2, -0.15) is 0 Å². The van der Waals surface area contributed by atoms with E-state index in [0.29, 0.717) is 0 Å². The van der Waals surface area contributed by atoms with Crippen molar-refractivity contribution in [2.75, 3.05) is 0 Å². The van der Waals surface area contributed by atoms with E-state index < -0.39 is 6.10 Å². The Balaban J connectivity index is 2.79. The highest BCUT2D eigenvalue weighted by molar-refractivity contribution is 9.11. The van der Waals surface area contributed by atoms with Crippen molar-refractivity contribution in [3.8, 4) is 0 Å². The van der Waals surface area contributed by atoms with Crippen LogP contribution in [0.3, 0.4) is 0 Å². The Kier molecular flexibility index (Phi) is 3.70. The minimum absolute atomic E-state index is 0.0300. The molecule has 0 spiro atoms. The summed E-state index contributed by atoms with van der Waals surface area (Å²) < 4.78 is 0.823. The van der Waals surface area contributed by atoms with Gasteiger partial charge in [0.05, 0.1) is 6.10 Å². The van der Waals surface area contributed by atoms with Gasteiger partial charge in [0.25, 0.3) is 0 Å². The second-order valence-corrected chi connectivity index (χ2v) is 4.11. The van der Waals surface area contributed by atoms with Crippen LogP contribution in [0.5, 0.6) is 0 Å². The molecular formula is C11H13BrO. The first-order valence-corrected chi connectivity index (χ1v) is 4.99. The molecule has 0 aliphatic carbocycles. The van der Waals surface area contributed by atoms with Gasteiger partial charge in [0, 0.05) is 5.92 Å². The lowest BCUT2D eigenvalue weighted by molar-refractivity contribution is 0.138. The van der Waals surface area contributed by atoms with Gasteiger partial charge >= 0.3 is 0 Å². The Morgan fingerprint density at radius 1 is 1.38 bits per heavy atom. The SMILES string of the molecule is C=C(Br)[C@H](C)[C@@H](O)c1ccccc1. The second-order valence-electron chi connectivity index (χ2n) is 3.09. The van der Waals surface area contributed by atoms with Crippen molar-refractivity contribution >= 4 is 15.9 Å². The Labute approximate surface area is 87.2 Å². The Morgan fingerprint density at radius 2 is 1.92 bits per heavy atom. The lowest BCUT2D eigenvalue weighted by atomic mass is 9.98. The van der Waals surface area contributed by atoms with E-state index in [4.69, 9.17) is 0 Å². The molecule has 0 bridgehead atoms. The van der Waals surface area contributed by atoms with Crippen molar-refractivity contribution in [1.82, 2.24) is 0 Å². The van der Waals surface area contributed by atoms with Gasteiger partial charge in [0.15, 0.2) is 0 Å². The van der Waals surface area contributed by atoms with Crippen LogP contribution in [0.4, 0.5) is 0 Å². The summed E-state index contributed by atoms with van der Waals surface area (Å²) >= 11 is 3.28. The summed E-state index contributed by atoms with van der Waals surface area (Å²) in [5, 5.41) is 9.87. The van der Waals surface area contributed by atoms with Gasteiger partial charge in [-0.1, -0.05) is 59.8 Å². The highest BCUT2D eigenvalue weighted by atomic mass is 79.9. The van der Waals surface area contributed by atoms with E-state index in [9.17, 15) is 5.11 Å². The normalized spacial score (nSPS) is 15.0. The van der Waals surface area contributed by atoms with Crippen LogP contribution in [-0.2, 0) is 0 Å². The summed E-state index contributed by atoms with van der Waals surface area (Å²) in [6, 6.07) is 9.60. The van der Waals surface area contributed by atoms with Gasteiger partial charge in [-0.05, 0) is 10.0 Å². The van der Waals surface area contributed by atoms with Crippen LogP contribution in [0.15, 0.2) is 41.4 Å². The van der Waals surface area contributed by atoms with Crippen molar-refractivity contribution in [3.63, 3.8) is 0 Å². The maximum Gasteiger partial charge on any atom is 0.0860 e. The van der Waals surface area contributed by atoms with Gasteiger partial charge in [0.2, 0.25) is 0 Å². The Hall–Kier alpha value is -0.600. The molecule has 1 aromatic carbocycles. The summed E-state index contributed by atoms with van der Waals surface area (Å²) in [7, 11) is 0. The van der Waals surface area contributed by atoms with Gasteiger partial charge in [-0.15, -0.1) is 0 Å². The van der Waals surface area contributed by atoms with Gasteiger partial charge in [0.1, 0.15) is 0 Å². The third kappa shape index (κ3) is 2.68. The zero-order valence-corrected chi connectivity index (χ0v) is 9.16. The molecule has 1 rings (SSSR count). The van der Waals surface area contributed by atoms with Crippen molar-refractivity contribution in [2.24, 2.45) is 5.92 Å². The minimum atomic E-state index is -0.479. The van der Waals surface area contributed by atoms with Gasteiger partial charge < -0.3 is 5.11 Å². The molecule has 0 saturated heterocycles. The largest absolute Gasteiger partial charge is 0.388 e. The zero-order valence-electron chi connectivity index (χ0n) is 7.57. The Morgan fingerprint density at radius 3 is 2.38 bits per heavy atom. The molecule has 1 nitrogen and oxygen atoms in total. The summed E-state index contributed by atoms with van der Waals surface area (Å²) in [4.78, 5) is 0. The predicted octanol–water partition coefficient (Wildman–Crippen LogP) is 3.26. The number of hydrogen-bond donors (Lipinski definition) is 1. The summed E-state index contributed by atoms with van der Waals surface area (Å²) in [5.74, 6) is 0.0300. The van der Waals surface area contributed by atoms with Crippen LogP contribution in [0, 0.1) is 5.92 Å². The van der Waals surface area contributed by atoms with Crippen molar-refractivity contribution < 1.29 is 5.11 Å². The van der Waals surface area contributed by atoms with Crippen molar-refractivity contribution in [2.45, 2.75) is 13.0 Å². The van der Waals surface area contributed by atoms with Crippen LogP contribution in [0.25, 0.3) is 0 Å². The summed E-state index contributed by atoms with van der Waals surface area (Å²) in [5.41, 5.74) is 0.926. The average Bonchev–Trinajstić information content (AvgIpc) is 2.17. The first-order valence-electron chi connectivity index (χ1n) is 4.20.